The summed E-state index contributed by atoms with van der Waals surface area (Å²) in [7, 11) is 0. The van der Waals surface area contributed by atoms with Crippen LogP contribution in [0.15, 0.2) is 0 Å². The molecule has 0 aliphatic rings. The van der Waals surface area contributed by atoms with Gasteiger partial charge in [-0.05, 0) is 38.5 Å². The fourth-order valence-corrected chi connectivity index (χ4v) is 2.85. The van der Waals surface area contributed by atoms with E-state index in [0.717, 1.165) is 44.9 Å². The highest BCUT2D eigenvalue weighted by atomic mass is 16.5. The minimum Gasteiger partial charge on any atom is -0.481 e. The van der Waals surface area contributed by atoms with Gasteiger partial charge in [-0.25, -0.2) is 0 Å². The van der Waals surface area contributed by atoms with Gasteiger partial charge in [-0.1, -0.05) is 52.4 Å². The van der Waals surface area contributed by atoms with E-state index in [0.29, 0.717) is 19.3 Å². The van der Waals surface area contributed by atoms with Crippen molar-refractivity contribution in [2.24, 2.45) is 0 Å². The van der Waals surface area contributed by atoms with E-state index in [4.69, 9.17) is 9.84 Å². The standard InChI is InChI=1S/C20H38O5/c1-3-5-7-9-11-17(21)15-16-20(24)25-18(12-8-6-4-2)13-10-14-19(22)23/h17-18,21H,3-16H2,1-2H3,(H,22,23). The number of carbonyl (C=O) groups is 2. The van der Waals surface area contributed by atoms with Gasteiger partial charge in [0.15, 0.2) is 0 Å². The molecule has 148 valence electrons. The second-order valence-corrected chi connectivity index (χ2v) is 6.94. The van der Waals surface area contributed by atoms with Crippen LogP contribution < -0.4 is 0 Å². The van der Waals surface area contributed by atoms with Crippen LogP contribution in [0, 0.1) is 0 Å². The van der Waals surface area contributed by atoms with E-state index in [9.17, 15) is 14.7 Å². The predicted octanol–water partition coefficient (Wildman–Crippen LogP) is 4.84. The Morgan fingerprint density at radius 2 is 1.40 bits per heavy atom. The molecule has 0 amide bonds. The summed E-state index contributed by atoms with van der Waals surface area (Å²) in [5, 5.41) is 18.7. The van der Waals surface area contributed by atoms with Gasteiger partial charge < -0.3 is 14.9 Å². The molecule has 2 unspecified atom stereocenters. The van der Waals surface area contributed by atoms with E-state index < -0.39 is 12.1 Å². The number of carboxylic acid groups (broad SMARTS) is 1. The van der Waals surface area contributed by atoms with Crippen molar-refractivity contribution in [3.63, 3.8) is 0 Å². The van der Waals surface area contributed by atoms with E-state index >= 15 is 0 Å². The lowest BCUT2D eigenvalue weighted by Gasteiger charge is -2.18. The molecule has 2 N–H and O–H groups in total. The highest BCUT2D eigenvalue weighted by Crippen LogP contribution is 2.16. The lowest BCUT2D eigenvalue weighted by Crippen LogP contribution is -2.20. The summed E-state index contributed by atoms with van der Waals surface area (Å²) in [6.45, 7) is 4.27. The number of ether oxygens (including phenoxy) is 1. The largest absolute Gasteiger partial charge is 0.481 e. The first-order valence-electron chi connectivity index (χ1n) is 10.1. The fraction of sp³-hybridized carbons (Fsp3) is 0.900. The van der Waals surface area contributed by atoms with Crippen LogP contribution in [-0.4, -0.2) is 34.4 Å². The summed E-state index contributed by atoms with van der Waals surface area (Å²) >= 11 is 0. The Balaban J connectivity index is 4.05. The monoisotopic (exact) mass is 358 g/mol. The smallest absolute Gasteiger partial charge is 0.306 e. The average Bonchev–Trinajstić information content (AvgIpc) is 2.56. The first-order chi connectivity index (χ1) is 12.0. The van der Waals surface area contributed by atoms with Crippen LogP contribution in [0.4, 0.5) is 0 Å². The highest BCUT2D eigenvalue weighted by Gasteiger charge is 2.16. The molecule has 5 nitrogen and oxygen atoms in total. The lowest BCUT2D eigenvalue weighted by atomic mass is 10.0. The van der Waals surface area contributed by atoms with Gasteiger partial charge in [-0.15, -0.1) is 0 Å². The minimum absolute atomic E-state index is 0.109. The van der Waals surface area contributed by atoms with Crippen molar-refractivity contribution in [3.8, 4) is 0 Å². The molecular formula is C20H38O5. The van der Waals surface area contributed by atoms with Crippen LogP contribution in [0.2, 0.25) is 0 Å². The van der Waals surface area contributed by atoms with E-state index in [2.05, 4.69) is 13.8 Å². The number of esters is 1. The molecule has 0 aromatic carbocycles. The molecule has 0 spiro atoms. The first kappa shape index (κ1) is 23.9. The number of aliphatic hydroxyl groups is 1. The van der Waals surface area contributed by atoms with Crippen LogP contribution in [-0.2, 0) is 14.3 Å². The quantitative estimate of drug-likeness (QED) is 0.287. The second-order valence-electron chi connectivity index (χ2n) is 6.94. The summed E-state index contributed by atoms with van der Waals surface area (Å²) in [6.07, 6.45) is 10.5. The Hall–Kier alpha value is -1.10. The van der Waals surface area contributed by atoms with Crippen LogP contribution in [0.1, 0.15) is 104 Å². The minimum atomic E-state index is -0.815. The van der Waals surface area contributed by atoms with E-state index in [1.807, 2.05) is 0 Å². The van der Waals surface area contributed by atoms with Gasteiger partial charge in [-0.3, -0.25) is 9.59 Å². The Morgan fingerprint density at radius 1 is 0.800 bits per heavy atom. The molecule has 2 atom stereocenters. The highest BCUT2D eigenvalue weighted by molar-refractivity contribution is 5.69. The number of rotatable bonds is 17. The summed E-state index contributed by atoms with van der Waals surface area (Å²) < 4.78 is 5.53. The van der Waals surface area contributed by atoms with Crippen LogP contribution in [0.3, 0.4) is 0 Å². The third kappa shape index (κ3) is 16.1. The molecule has 0 bridgehead atoms. The van der Waals surface area contributed by atoms with Crippen molar-refractivity contribution < 1.29 is 24.5 Å². The topological polar surface area (TPSA) is 83.8 Å². The SMILES string of the molecule is CCCCCCC(O)CCC(=O)OC(CCCCC)CCCC(=O)O. The molecule has 0 aromatic heterocycles. The molecule has 5 heteroatoms. The zero-order valence-electron chi connectivity index (χ0n) is 16.2. The van der Waals surface area contributed by atoms with Crippen molar-refractivity contribution in [1.82, 2.24) is 0 Å². The van der Waals surface area contributed by atoms with Gasteiger partial charge in [0.25, 0.3) is 0 Å². The summed E-state index contributed by atoms with van der Waals surface area (Å²) in [4.78, 5) is 22.6. The summed E-state index contributed by atoms with van der Waals surface area (Å²) in [5.41, 5.74) is 0. The van der Waals surface area contributed by atoms with Crippen molar-refractivity contribution in [2.45, 2.75) is 116 Å². The number of carbonyl (C=O) groups excluding carboxylic acids is 1. The molecular weight excluding hydrogens is 320 g/mol. The molecule has 0 radical (unpaired) electrons. The molecule has 0 heterocycles. The molecule has 0 aromatic rings. The first-order valence-corrected chi connectivity index (χ1v) is 10.1. The zero-order valence-corrected chi connectivity index (χ0v) is 16.2. The number of aliphatic hydroxyl groups excluding tert-OH is 1. The Bertz CT molecular complexity index is 343. The number of unbranched alkanes of at least 4 members (excludes halogenated alkanes) is 5. The van der Waals surface area contributed by atoms with Crippen LogP contribution in [0.5, 0.6) is 0 Å². The molecule has 25 heavy (non-hydrogen) atoms. The van der Waals surface area contributed by atoms with Crippen LogP contribution >= 0.6 is 0 Å². The van der Waals surface area contributed by atoms with E-state index in [1.165, 1.54) is 12.8 Å². The molecule has 0 rings (SSSR count). The van der Waals surface area contributed by atoms with Crippen molar-refractivity contribution in [1.29, 1.82) is 0 Å². The maximum Gasteiger partial charge on any atom is 0.306 e. The van der Waals surface area contributed by atoms with Crippen molar-refractivity contribution >= 4 is 11.9 Å². The Kier molecular flexibility index (Phi) is 15.7. The second kappa shape index (κ2) is 16.4. The van der Waals surface area contributed by atoms with E-state index in [1.54, 1.807) is 0 Å². The van der Waals surface area contributed by atoms with Crippen molar-refractivity contribution in [2.75, 3.05) is 0 Å². The Labute approximate surface area is 153 Å². The van der Waals surface area contributed by atoms with Gasteiger partial charge >= 0.3 is 11.9 Å². The fourth-order valence-electron chi connectivity index (χ4n) is 2.85. The number of hydrogen-bond donors (Lipinski definition) is 2. The van der Waals surface area contributed by atoms with Gasteiger partial charge in [0.2, 0.25) is 0 Å². The predicted molar refractivity (Wildman–Crippen MR) is 99.5 cm³/mol. The van der Waals surface area contributed by atoms with Gasteiger partial charge in [0.1, 0.15) is 6.10 Å². The molecule has 0 aliphatic carbocycles. The third-order valence-electron chi connectivity index (χ3n) is 4.42. The number of carboxylic acids is 1. The lowest BCUT2D eigenvalue weighted by molar-refractivity contribution is -0.150. The van der Waals surface area contributed by atoms with Gasteiger partial charge in [-0.2, -0.15) is 0 Å². The van der Waals surface area contributed by atoms with E-state index in [-0.39, 0.29) is 24.9 Å². The number of hydrogen-bond acceptors (Lipinski definition) is 4. The molecule has 0 aliphatic heterocycles. The van der Waals surface area contributed by atoms with Crippen LogP contribution in [0.25, 0.3) is 0 Å². The Morgan fingerprint density at radius 3 is 2.04 bits per heavy atom. The zero-order chi connectivity index (χ0) is 18.9. The van der Waals surface area contributed by atoms with Crippen molar-refractivity contribution in [3.05, 3.63) is 0 Å². The third-order valence-corrected chi connectivity index (χ3v) is 4.42. The number of aliphatic carboxylic acids is 1. The summed E-state index contributed by atoms with van der Waals surface area (Å²) in [5.74, 6) is -1.09. The average molecular weight is 359 g/mol. The molecule has 0 saturated heterocycles. The maximum atomic E-state index is 12.0. The molecule has 0 saturated carbocycles. The van der Waals surface area contributed by atoms with Gasteiger partial charge in [0, 0.05) is 12.8 Å². The maximum absolute atomic E-state index is 12.0. The normalized spacial score (nSPS) is 13.4. The molecule has 0 fully saturated rings. The summed E-state index contributed by atoms with van der Waals surface area (Å²) in [6, 6.07) is 0. The van der Waals surface area contributed by atoms with Gasteiger partial charge in [0.05, 0.1) is 6.10 Å².